The van der Waals surface area contributed by atoms with Crippen molar-refractivity contribution >= 4 is 16.8 Å². The Hall–Kier alpha value is -2.31. The van der Waals surface area contributed by atoms with E-state index in [0.717, 1.165) is 35.1 Å². The van der Waals surface area contributed by atoms with Crippen LogP contribution in [-0.2, 0) is 6.54 Å². The normalized spacial score (nSPS) is 20.1. The molecule has 0 aliphatic carbocycles. The number of amides is 2. The van der Waals surface area contributed by atoms with Gasteiger partial charge in [-0.05, 0) is 37.4 Å². The van der Waals surface area contributed by atoms with Gasteiger partial charge in [-0.3, -0.25) is 0 Å². The van der Waals surface area contributed by atoms with Crippen LogP contribution in [0.25, 0.3) is 10.8 Å². The molecule has 3 rings (SSSR count). The van der Waals surface area contributed by atoms with Crippen LogP contribution in [0.4, 0.5) is 4.79 Å². The summed E-state index contributed by atoms with van der Waals surface area (Å²) in [7, 11) is 5.65. The predicted octanol–water partition coefficient (Wildman–Crippen LogP) is 2.30. The molecule has 0 saturated carbocycles. The van der Waals surface area contributed by atoms with Crippen LogP contribution in [0.1, 0.15) is 12.0 Å². The number of urea groups is 1. The Balaban J connectivity index is 1.66. The van der Waals surface area contributed by atoms with Gasteiger partial charge < -0.3 is 25.0 Å². The Labute approximate surface area is 160 Å². The molecule has 0 bridgehead atoms. The van der Waals surface area contributed by atoms with E-state index in [4.69, 9.17) is 4.74 Å². The molecule has 6 heteroatoms. The molecule has 1 heterocycles. The van der Waals surface area contributed by atoms with Crippen molar-refractivity contribution in [1.82, 2.24) is 15.1 Å². The molecule has 0 spiro atoms. The standard InChI is InChI=1S/C21H29N3O3/c1-23(2)13-16-10-11-24(14-19(16)25)21(26)22-12-18-17-7-5-4-6-15(17)8-9-20(18)27-3/h4-9,16,19,25H,10-14H2,1-3H3,(H,22,26)/t16-,19+/m0/s1. The van der Waals surface area contributed by atoms with Gasteiger partial charge >= 0.3 is 6.03 Å². The number of carbonyl (C=O) groups is 1. The van der Waals surface area contributed by atoms with E-state index < -0.39 is 6.10 Å². The molecule has 146 valence electrons. The molecular formula is C21H29N3O3. The van der Waals surface area contributed by atoms with E-state index in [-0.39, 0.29) is 11.9 Å². The van der Waals surface area contributed by atoms with Gasteiger partial charge in [0.05, 0.1) is 13.2 Å². The minimum absolute atomic E-state index is 0.146. The fraction of sp³-hybridized carbons (Fsp3) is 0.476. The minimum atomic E-state index is -0.487. The number of rotatable bonds is 5. The number of piperidine rings is 1. The number of aliphatic hydroxyl groups excluding tert-OH is 1. The van der Waals surface area contributed by atoms with Crippen LogP contribution in [0.15, 0.2) is 36.4 Å². The third-order valence-corrected chi connectivity index (χ3v) is 5.24. The summed E-state index contributed by atoms with van der Waals surface area (Å²) in [4.78, 5) is 16.4. The minimum Gasteiger partial charge on any atom is -0.496 e. The van der Waals surface area contributed by atoms with Crippen LogP contribution in [0.3, 0.4) is 0 Å². The number of likely N-dealkylation sites (tertiary alicyclic amines) is 1. The summed E-state index contributed by atoms with van der Waals surface area (Å²) in [6.45, 7) is 2.26. The molecule has 1 fully saturated rings. The summed E-state index contributed by atoms with van der Waals surface area (Å²) in [5, 5.41) is 15.6. The van der Waals surface area contributed by atoms with E-state index >= 15 is 0 Å². The van der Waals surface area contributed by atoms with E-state index in [1.807, 2.05) is 50.5 Å². The maximum Gasteiger partial charge on any atom is 0.317 e. The van der Waals surface area contributed by atoms with E-state index in [2.05, 4.69) is 10.2 Å². The lowest BCUT2D eigenvalue weighted by Gasteiger charge is -2.37. The summed E-state index contributed by atoms with van der Waals surface area (Å²) in [5.41, 5.74) is 0.965. The molecule has 0 unspecified atom stereocenters. The monoisotopic (exact) mass is 371 g/mol. The number of fused-ring (bicyclic) bond motifs is 1. The second-order valence-electron chi connectivity index (χ2n) is 7.45. The first-order valence-electron chi connectivity index (χ1n) is 9.39. The van der Waals surface area contributed by atoms with E-state index in [1.54, 1.807) is 12.0 Å². The zero-order valence-electron chi connectivity index (χ0n) is 16.3. The number of β-amino-alcohol motifs (C(OH)–C–C–N with tert-alkyl or cyclic N) is 1. The first-order chi connectivity index (χ1) is 13.0. The second kappa shape index (κ2) is 8.59. The van der Waals surface area contributed by atoms with Crippen molar-refractivity contribution < 1.29 is 14.6 Å². The largest absolute Gasteiger partial charge is 0.496 e. The number of ether oxygens (including phenoxy) is 1. The van der Waals surface area contributed by atoms with E-state index in [9.17, 15) is 9.90 Å². The summed E-state index contributed by atoms with van der Waals surface area (Å²) in [5.74, 6) is 0.973. The maximum atomic E-state index is 12.6. The maximum absolute atomic E-state index is 12.6. The molecule has 1 aliphatic rings. The molecule has 1 aliphatic heterocycles. The number of nitrogens with one attached hydrogen (secondary N) is 1. The van der Waals surface area contributed by atoms with Crippen molar-refractivity contribution in [3.63, 3.8) is 0 Å². The lowest BCUT2D eigenvalue weighted by molar-refractivity contribution is 0.0254. The van der Waals surface area contributed by atoms with Crippen LogP contribution >= 0.6 is 0 Å². The van der Waals surface area contributed by atoms with Gasteiger partial charge in [0.25, 0.3) is 0 Å². The van der Waals surface area contributed by atoms with Crippen LogP contribution < -0.4 is 10.1 Å². The average molecular weight is 371 g/mol. The number of hydrogen-bond donors (Lipinski definition) is 2. The van der Waals surface area contributed by atoms with Crippen LogP contribution in [0, 0.1) is 5.92 Å². The third kappa shape index (κ3) is 4.51. The number of hydrogen-bond acceptors (Lipinski definition) is 4. The van der Waals surface area contributed by atoms with Gasteiger partial charge in [-0.1, -0.05) is 30.3 Å². The van der Waals surface area contributed by atoms with Crippen molar-refractivity contribution in [3.8, 4) is 5.75 Å². The van der Waals surface area contributed by atoms with Gasteiger partial charge in [0, 0.05) is 37.7 Å². The van der Waals surface area contributed by atoms with Crippen molar-refractivity contribution in [2.45, 2.75) is 19.1 Å². The number of methoxy groups -OCH3 is 1. The Morgan fingerprint density at radius 3 is 2.78 bits per heavy atom. The van der Waals surface area contributed by atoms with Gasteiger partial charge in [0.1, 0.15) is 5.75 Å². The van der Waals surface area contributed by atoms with Crippen molar-refractivity contribution in [3.05, 3.63) is 42.0 Å². The molecule has 1 saturated heterocycles. The number of benzene rings is 2. The Morgan fingerprint density at radius 2 is 2.07 bits per heavy atom. The highest BCUT2D eigenvalue weighted by Crippen LogP contribution is 2.28. The number of aliphatic hydroxyl groups is 1. The van der Waals surface area contributed by atoms with Crippen molar-refractivity contribution in [1.29, 1.82) is 0 Å². The SMILES string of the molecule is COc1ccc2ccccc2c1CNC(=O)N1CC[C@@H](CN(C)C)[C@H](O)C1. The lowest BCUT2D eigenvalue weighted by atomic mass is 9.93. The first kappa shape index (κ1) is 19.5. The average Bonchev–Trinajstić information content (AvgIpc) is 2.66. The Bertz CT molecular complexity index is 793. The molecule has 27 heavy (non-hydrogen) atoms. The molecule has 2 atom stereocenters. The van der Waals surface area contributed by atoms with Crippen molar-refractivity contribution in [2.24, 2.45) is 5.92 Å². The molecule has 0 radical (unpaired) electrons. The Kier molecular flexibility index (Phi) is 6.19. The smallest absolute Gasteiger partial charge is 0.317 e. The zero-order chi connectivity index (χ0) is 19.4. The van der Waals surface area contributed by atoms with Crippen LogP contribution in [0.2, 0.25) is 0 Å². The zero-order valence-corrected chi connectivity index (χ0v) is 16.3. The van der Waals surface area contributed by atoms with Crippen LogP contribution in [0.5, 0.6) is 5.75 Å². The highest BCUT2D eigenvalue weighted by molar-refractivity contribution is 5.88. The van der Waals surface area contributed by atoms with E-state index in [0.29, 0.717) is 19.6 Å². The summed E-state index contributed by atoms with van der Waals surface area (Å²) in [6.07, 6.45) is 0.323. The summed E-state index contributed by atoms with van der Waals surface area (Å²) >= 11 is 0. The number of carbonyl (C=O) groups excluding carboxylic acids is 1. The highest BCUT2D eigenvalue weighted by atomic mass is 16.5. The molecule has 6 nitrogen and oxygen atoms in total. The molecule has 2 amide bonds. The molecule has 2 N–H and O–H groups in total. The van der Waals surface area contributed by atoms with Gasteiger partial charge in [-0.2, -0.15) is 0 Å². The molecule has 2 aromatic rings. The first-order valence-corrected chi connectivity index (χ1v) is 9.39. The fourth-order valence-electron chi connectivity index (χ4n) is 3.81. The third-order valence-electron chi connectivity index (χ3n) is 5.24. The highest BCUT2D eigenvalue weighted by Gasteiger charge is 2.30. The molecule has 0 aromatic heterocycles. The molecular weight excluding hydrogens is 342 g/mol. The van der Waals surface area contributed by atoms with Gasteiger partial charge in [-0.15, -0.1) is 0 Å². The van der Waals surface area contributed by atoms with Gasteiger partial charge in [-0.25, -0.2) is 4.79 Å². The molecule has 2 aromatic carbocycles. The van der Waals surface area contributed by atoms with Crippen molar-refractivity contribution in [2.75, 3.05) is 40.8 Å². The summed E-state index contributed by atoms with van der Waals surface area (Å²) < 4.78 is 5.49. The number of nitrogens with zero attached hydrogens (tertiary/aromatic N) is 2. The van der Waals surface area contributed by atoms with E-state index in [1.165, 1.54) is 0 Å². The topological polar surface area (TPSA) is 65.0 Å². The van der Waals surface area contributed by atoms with Crippen LogP contribution in [-0.4, -0.2) is 67.9 Å². The lowest BCUT2D eigenvalue weighted by Crippen LogP contribution is -2.51. The quantitative estimate of drug-likeness (QED) is 0.847. The predicted molar refractivity (Wildman–Crippen MR) is 107 cm³/mol. The second-order valence-corrected chi connectivity index (χ2v) is 7.45. The fourth-order valence-corrected chi connectivity index (χ4v) is 3.81. The van der Waals surface area contributed by atoms with Gasteiger partial charge in [0.15, 0.2) is 0 Å². The van der Waals surface area contributed by atoms with Gasteiger partial charge in [0.2, 0.25) is 0 Å². The summed E-state index contributed by atoms with van der Waals surface area (Å²) in [6, 6.07) is 11.9. The Morgan fingerprint density at radius 1 is 1.30 bits per heavy atom.